The summed E-state index contributed by atoms with van der Waals surface area (Å²) in [6, 6.07) is 9.18. The Morgan fingerprint density at radius 1 is 1.08 bits per heavy atom. The number of aromatic amines is 1. The highest BCUT2D eigenvalue weighted by Gasteiger charge is 2.45. The van der Waals surface area contributed by atoms with E-state index in [1.165, 1.54) is 18.5 Å². The fraction of sp³-hybridized carbons (Fsp3) is 0.222. The number of anilines is 1. The van der Waals surface area contributed by atoms with Gasteiger partial charge in [-0.15, -0.1) is 0 Å². The van der Waals surface area contributed by atoms with Crippen molar-refractivity contribution in [1.82, 2.24) is 40.5 Å². The molecule has 0 radical (unpaired) electrons. The van der Waals surface area contributed by atoms with Gasteiger partial charge in [0.1, 0.15) is 17.9 Å². The minimum atomic E-state index is -1.08. The van der Waals surface area contributed by atoms with Crippen LogP contribution in [-0.2, 0) is 20.9 Å². The largest absolute Gasteiger partial charge is 0.486 e. The average molecular weight is 757 g/mol. The lowest BCUT2D eigenvalue weighted by Gasteiger charge is -2.27. The summed E-state index contributed by atoms with van der Waals surface area (Å²) in [6.45, 7) is 2.36. The van der Waals surface area contributed by atoms with E-state index >= 15 is 0 Å². The maximum Gasteiger partial charge on any atom is 0.264 e. The molecular weight excluding hydrogens is 725 g/mol. The normalized spacial score (nSPS) is 16.3. The van der Waals surface area contributed by atoms with Crippen molar-refractivity contribution in [1.29, 1.82) is 0 Å². The number of pyridine rings is 1. The Hall–Kier alpha value is -6.06. The number of fused-ring (bicyclic) bond motifs is 2. The number of hydrogen-bond acceptors (Lipinski definition) is 10. The van der Waals surface area contributed by atoms with E-state index < -0.39 is 35.8 Å². The highest BCUT2D eigenvalue weighted by Crippen LogP contribution is 2.34. The van der Waals surface area contributed by atoms with Gasteiger partial charge >= 0.3 is 0 Å². The number of aromatic nitrogens is 5. The van der Waals surface area contributed by atoms with Crippen molar-refractivity contribution in [2.75, 3.05) is 18.4 Å². The number of H-pyrrole nitrogens is 1. The number of ether oxygens (including phenoxy) is 1. The van der Waals surface area contributed by atoms with Crippen LogP contribution in [0.15, 0.2) is 61.2 Å². The fourth-order valence-corrected chi connectivity index (χ4v) is 6.93. The summed E-state index contributed by atoms with van der Waals surface area (Å²) >= 11 is 12.6. The number of benzene rings is 2. The van der Waals surface area contributed by atoms with E-state index in [2.05, 4.69) is 36.2 Å². The Kier molecular flexibility index (Phi) is 9.93. The van der Waals surface area contributed by atoms with Crippen LogP contribution < -0.4 is 20.7 Å². The van der Waals surface area contributed by atoms with Gasteiger partial charge in [0.05, 0.1) is 51.7 Å². The van der Waals surface area contributed by atoms with Crippen molar-refractivity contribution in [3.63, 3.8) is 0 Å². The molecule has 0 bridgehead atoms. The minimum Gasteiger partial charge on any atom is -0.486 e. The van der Waals surface area contributed by atoms with Gasteiger partial charge in [0.25, 0.3) is 11.8 Å². The molecule has 15 nitrogen and oxygen atoms in total. The van der Waals surface area contributed by atoms with Gasteiger partial charge < -0.3 is 15.4 Å². The molecule has 2 aromatic carbocycles. The first-order valence-corrected chi connectivity index (χ1v) is 17.3. The Labute approximate surface area is 311 Å². The summed E-state index contributed by atoms with van der Waals surface area (Å²) in [5, 5.41) is 21.4. The zero-order chi connectivity index (χ0) is 37.2. The summed E-state index contributed by atoms with van der Waals surface area (Å²) in [5.41, 5.74) is 3.49. The molecule has 0 aliphatic carbocycles. The second-order valence-corrected chi connectivity index (χ2v) is 13.2. The number of amides is 5. The number of halogens is 2. The lowest BCUT2D eigenvalue weighted by Crippen LogP contribution is -2.54. The summed E-state index contributed by atoms with van der Waals surface area (Å²) < 4.78 is 7.84. The third-order valence-corrected chi connectivity index (χ3v) is 9.43. The Morgan fingerprint density at radius 3 is 2.68 bits per heavy atom. The average Bonchev–Trinajstić information content (AvgIpc) is 3.82. The monoisotopic (exact) mass is 755 g/mol. The number of imide groups is 2. The molecule has 270 valence electrons. The van der Waals surface area contributed by atoms with Crippen LogP contribution in [0.5, 0.6) is 5.75 Å². The van der Waals surface area contributed by atoms with E-state index in [0.717, 1.165) is 21.4 Å². The summed E-state index contributed by atoms with van der Waals surface area (Å²) in [6.07, 6.45) is 9.96. The Balaban J connectivity index is 0.914. The van der Waals surface area contributed by atoms with Crippen molar-refractivity contribution in [3.8, 4) is 5.75 Å². The molecule has 3 aromatic heterocycles. The van der Waals surface area contributed by atoms with Gasteiger partial charge in [-0.2, -0.15) is 10.2 Å². The smallest absolute Gasteiger partial charge is 0.264 e. The van der Waals surface area contributed by atoms with Crippen LogP contribution in [0.25, 0.3) is 23.1 Å². The molecule has 17 heteroatoms. The fourth-order valence-electron chi connectivity index (χ4n) is 6.26. The van der Waals surface area contributed by atoms with E-state index in [0.29, 0.717) is 33.6 Å². The predicted molar refractivity (Wildman–Crippen MR) is 195 cm³/mol. The maximum absolute atomic E-state index is 13.3. The summed E-state index contributed by atoms with van der Waals surface area (Å²) in [5.74, 6) is -2.15. The molecule has 5 heterocycles. The van der Waals surface area contributed by atoms with Crippen LogP contribution in [-0.4, -0.2) is 78.5 Å². The van der Waals surface area contributed by atoms with Crippen molar-refractivity contribution < 1.29 is 28.7 Å². The van der Waals surface area contributed by atoms with Crippen molar-refractivity contribution in [2.45, 2.75) is 38.5 Å². The number of carbonyl (C=O) groups is 5. The van der Waals surface area contributed by atoms with Crippen molar-refractivity contribution in [3.05, 3.63) is 99.2 Å². The first-order valence-electron chi connectivity index (χ1n) is 16.6. The molecule has 1 unspecified atom stereocenters. The molecule has 2 atom stereocenters. The summed E-state index contributed by atoms with van der Waals surface area (Å²) in [7, 11) is 0. The third-order valence-electron chi connectivity index (χ3n) is 8.83. The Bertz CT molecular complexity index is 2300. The molecule has 5 aromatic rings. The van der Waals surface area contributed by atoms with Crippen LogP contribution >= 0.6 is 23.2 Å². The van der Waals surface area contributed by atoms with Crippen LogP contribution in [0.4, 0.5) is 5.69 Å². The molecule has 53 heavy (non-hydrogen) atoms. The molecule has 2 aliphatic heterocycles. The van der Waals surface area contributed by atoms with E-state index in [9.17, 15) is 24.0 Å². The van der Waals surface area contributed by atoms with Crippen LogP contribution in [0.1, 0.15) is 63.4 Å². The van der Waals surface area contributed by atoms with Crippen LogP contribution in [0.2, 0.25) is 10.0 Å². The zero-order valence-electron chi connectivity index (χ0n) is 28.1. The van der Waals surface area contributed by atoms with Gasteiger partial charge in [0, 0.05) is 53.8 Å². The third kappa shape index (κ3) is 7.34. The van der Waals surface area contributed by atoms with E-state index in [-0.39, 0.29) is 48.7 Å². The lowest BCUT2D eigenvalue weighted by molar-refractivity contribution is -0.136. The molecule has 0 saturated carbocycles. The van der Waals surface area contributed by atoms with E-state index in [1.54, 1.807) is 23.0 Å². The number of hydrogen-bond donors (Lipinski definition) is 4. The van der Waals surface area contributed by atoms with Crippen molar-refractivity contribution in [2.24, 2.45) is 0 Å². The molecule has 4 N–H and O–H groups in total. The highest BCUT2D eigenvalue weighted by atomic mass is 35.5. The topological polar surface area (TPSA) is 193 Å². The number of nitrogens with zero attached hydrogens (tertiary/aromatic N) is 5. The molecule has 0 spiro atoms. The highest BCUT2D eigenvalue weighted by molar-refractivity contribution is 6.35. The van der Waals surface area contributed by atoms with Gasteiger partial charge in [-0.25, -0.2) is 0 Å². The number of piperidine rings is 1. The predicted octanol–water partition coefficient (Wildman–Crippen LogP) is 4.40. The molecule has 2 aliphatic rings. The quantitative estimate of drug-likeness (QED) is 0.133. The minimum absolute atomic E-state index is 0.0210. The lowest BCUT2D eigenvalue weighted by atomic mass is 10.0. The number of nitrogens with one attached hydrogen (secondary N) is 4. The van der Waals surface area contributed by atoms with Gasteiger partial charge in [-0.05, 0) is 55.8 Å². The molecule has 1 saturated heterocycles. The van der Waals surface area contributed by atoms with E-state index in [1.807, 2.05) is 43.5 Å². The SMILES string of the molecule is C[C@@H](Oc1ccc2[nH]nc(/C=C/c3cnn(CCNC(=O)CNc4cccc5c4C(=O)N(C4CCC(=O)NC4=O)C5=O)c3)c2c1)c1c(Cl)cncc1Cl. The Morgan fingerprint density at radius 2 is 1.89 bits per heavy atom. The molecule has 1 fully saturated rings. The van der Waals surface area contributed by atoms with Crippen molar-refractivity contribution >= 4 is 81.5 Å². The molecule has 7 rings (SSSR count). The van der Waals surface area contributed by atoms with Gasteiger partial charge in [0.15, 0.2) is 0 Å². The zero-order valence-corrected chi connectivity index (χ0v) is 29.6. The molecule has 5 amide bonds. The summed E-state index contributed by atoms with van der Waals surface area (Å²) in [4.78, 5) is 67.8. The van der Waals surface area contributed by atoms with Gasteiger partial charge in [-0.3, -0.25) is 49.0 Å². The van der Waals surface area contributed by atoms with E-state index in [4.69, 9.17) is 27.9 Å². The maximum atomic E-state index is 13.3. The standard InChI is InChI=1S/C36H31Cl2N9O6/c1-19(32-24(37)15-39-16-25(32)38)53-21-6-8-27-23(13-21)26(44-45-27)7-5-20-14-42-46(18-20)12-11-40-31(49)17-41-28-4-2-3-22-33(28)36(52)47(35(22)51)29-9-10-30(48)43-34(29)50/h2-8,13-16,18-19,29,41H,9-12,17H2,1H3,(H,40,49)(H,44,45)(H,43,48,50)/b7-5+/t19-,29?/m1/s1. The van der Waals surface area contributed by atoms with Crippen LogP contribution in [0.3, 0.4) is 0 Å². The first-order chi connectivity index (χ1) is 25.6. The number of carbonyl (C=O) groups excluding carboxylic acids is 5. The second kappa shape index (κ2) is 14.9. The van der Waals surface area contributed by atoms with Crippen LogP contribution in [0, 0.1) is 0 Å². The van der Waals surface area contributed by atoms with Gasteiger partial charge in [0.2, 0.25) is 17.7 Å². The first kappa shape index (κ1) is 35.3. The number of rotatable bonds is 12. The second-order valence-electron chi connectivity index (χ2n) is 12.3. The van der Waals surface area contributed by atoms with Gasteiger partial charge in [-0.1, -0.05) is 29.3 Å². The molecular formula is C36H31Cl2N9O6.